The van der Waals surface area contributed by atoms with E-state index in [1.165, 1.54) is 25.9 Å². The van der Waals surface area contributed by atoms with Crippen molar-refractivity contribution in [3.8, 4) is 11.4 Å². The maximum atomic E-state index is 15.4. The summed E-state index contributed by atoms with van der Waals surface area (Å²) in [5, 5.41) is 0. The van der Waals surface area contributed by atoms with Crippen molar-refractivity contribution in [3.63, 3.8) is 0 Å². The summed E-state index contributed by atoms with van der Waals surface area (Å²) in [5.41, 5.74) is 4.92. The number of hydrogen-bond acceptors (Lipinski definition) is 5. The lowest BCUT2D eigenvalue weighted by molar-refractivity contribution is 0.0870. The van der Waals surface area contributed by atoms with Crippen molar-refractivity contribution < 1.29 is 4.39 Å². The number of halogens is 1. The molecule has 1 atom stereocenters. The number of benzene rings is 1. The molecule has 3 aliphatic rings. The van der Waals surface area contributed by atoms with Gasteiger partial charge in [0.05, 0.1) is 12.2 Å². The Morgan fingerprint density at radius 1 is 1.06 bits per heavy atom. The Balaban J connectivity index is 1.40. The van der Waals surface area contributed by atoms with Crippen LogP contribution >= 0.6 is 0 Å². The van der Waals surface area contributed by atoms with Crippen LogP contribution in [-0.2, 0) is 6.54 Å². The number of rotatable bonds is 4. The molecule has 0 spiro atoms. The number of hydrogen-bond donors (Lipinski definition) is 0. The minimum absolute atomic E-state index is 0.162. The van der Waals surface area contributed by atoms with Crippen molar-refractivity contribution in [2.45, 2.75) is 39.2 Å². The Morgan fingerprint density at radius 2 is 1.91 bits per heavy atom. The van der Waals surface area contributed by atoms with E-state index in [9.17, 15) is 0 Å². The predicted octanol–water partition coefficient (Wildman–Crippen LogP) is 4.50. The molecule has 7 heteroatoms. The maximum absolute atomic E-state index is 15.4. The van der Waals surface area contributed by atoms with Crippen LogP contribution in [0.3, 0.4) is 0 Å². The second kappa shape index (κ2) is 7.99. The molecule has 0 radical (unpaired) electrons. The van der Waals surface area contributed by atoms with E-state index >= 15 is 4.39 Å². The quantitative estimate of drug-likeness (QED) is 0.466. The molecule has 4 aromatic rings. The van der Waals surface area contributed by atoms with Crippen molar-refractivity contribution >= 4 is 11.2 Å². The fraction of sp³-hybridized carbons (Fsp3) is 0.385. The highest BCUT2D eigenvalue weighted by atomic mass is 19.1. The van der Waals surface area contributed by atoms with E-state index in [0.29, 0.717) is 29.8 Å². The molecule has 0 amide bonds. The van der Waals surface area contributed by atoms with E-state index in [1.54, 1.807) is 18.5 Å². The number of nitrogens with zero attached hydrogens (tertiary/aromatic N) is 6. The molecule has 1 aromatic carbocycles. The first-order valence-electron chi connectivity index (χ1n) is 11.7. The van der Waals surface area contributed by atoms with E-state index in [2.05, 4.69) is 25.9 Å². The van der Waals surface area contributed by atoms with E-state index in [1.807, 2.05) is 36.6 Å². The van der Waals surface area contributed by atoms with Gasteiger partial charge < -0.3 is 9.47 Å². The Kier molecular flexibility index (Phi) is 4.94. The van der Waals surface area contributed by atoms with Crippen LogP contribution in [0, 0.1) is 25.6 Å². The molecule has 3 fully saturated rings. The first kappa shape index (κ1) is 20.4. The van der Waals surface area contributed by atoms with Gasteiger partial charge in [0.1, 0.15) is 23.0 Å². The van der Waals surface area contributed by atoms with E-state index in [4.69, 9.17) is 4.98 Å². The third-order valence-corrected chi connectivity index (χ3v) is 7.29. The molecule has 33 heavy (non-hydrogen) atoms. The highest BCUT2D eigenvalue weighted by Crippen LogP contribution is 2.39. The van der Waals surface area contributed by atoms with Gasteiger partial charge in [-0.15, -0.1) is 0 Å². The summed E-state index contributed by atoms with van der Waals surface area (Å²) in [6.07, 6.45) is 5.96. The minimum atomic E-state index is -0.162. The highest BCUT2D eigenvalue weighted by molar-refractivity contribution is 5.79. The summed E-state index contributed by atoms with van der Waals surface area (Å²) in [6, 6.07) is 9.68. The van der Waals surface area contributed by atoms with Crippen molar-refractivity contribution in [3.05, 3.63) is 71.2 Å². The van der Waals surface area contributed by atoms with Crippen LogP contribution < -0.4 is 0 Å². The molecule has 0 aliphatic carbocycles. The predicted molar refractivity (Wildman–Crippen MR) is 125 cm³/mol. The molecule has 2 bridgehead atoms. The van der Waals surface area contributed by atoms with Crippen LogP contribution in [0.1, 0.15) is 41.4 Å². The van der Waals surface area contributed by atoms with Crippen LogP contribution in [0.4, 0.5) is 4.39 Å². The Hall–Kier alpha value is -3.19. The lowest BCUT2D eigenvalue weighted by atomic mass is 9.75. The zero-order valence-corrected chi connectivity index (χ0v) is 19.0. The molecule has 3 aromatic heterocycles. The van der Waals surface area contributed by atoms with Gasteiger partial charge in [0, 0.05) is 30.1 Å². The van der Waals surface area contributed by atoms with Gasteiger partial charge in [0.15, 0.2) is 5.65 Å². The topological polar surface area (TPSA) is 59.7 Å². The zero-order chi connectivity index (χ0) is 22.5. The average Bonchev–Trinajstić information content (AvgIpc) is 3.20. The van der Waals surface area contributed by atoms with Crippen LogP contribution in [-0.4, -0.2) is 49.0 Å². The molecule has 168 valence electrons. The molecule has 3 saturated heterocycles. The summed E-state index contributed by atoms with van der Waals surface area (Å²) in [6.45, 7) is 7.58. The number of aryl methyl sites for hydroxylation is 2. The second-order valence-electron chi connectivity index (χ2n) is 9.39. The summed E-state index contributed by atoms with van der Waals surface area (Å²) >= 11 is 0. The third-order valence-electron chi connectivity index (χ3n) is 7.29. The van der Waals surface area contributed by atoms with Crippen LogP contribution in [0.2, 0.25) is 0 Å². The molecule has 0 N–H and O–H groups in total. The van der Waals surface area contributed by atoms with Crippen molar-refractivity contribution in [1.29, 1.82) is 0 Å². The summed E-state index contributed by atoms with van der Waals surface area (Å²) in [5.74, 6) is 2.36. The molecule has 7 rings (SSSR count). The fourth-order valence-electron chi connectivity index (χ4n) is 5.57. The monoisotopic (exact) mass is 442 g/mol. The third kappa shape index (κ3) is 3.60. The molecule has 6 nitrogen and oxygen atoms in total. The van der Waals surface area contributed by atoms with Crippen molar-refractivity contribution in [2.24, 2.45) is 5.92 Å². The Morgan fingerprint density at radius 3 is 2.61 bits per heavy atom. The minimum Gasteiger partial charge on any atom is -0.304 e. The van der Waals surface area contributed by atoms with Gasteiger partial charge >= 0.3 is 0 Å². The van der Waals surface area contributed by atoms with Gasteiger partial charge in [-0.1, -0.05) is 12.1 Å². The number of fused-ring (bicyclic) bond motifs is 4. The SMILES string of the molecule is Cc1nc(C)c2nc(-c3cccnc3)n(Cc3ccc(C4CN5CCC4CC5)cc3F)c2n1. The fourth-order valence-corrected chi connectivity index (χ4v) is 5.57. The van der Waals surface area contributed by atoms with Gasteiger partial charge in [0.2, 0.25) is 0 Å². The van der Waals surface area contributed by atoms with Crippen LogP contribution in [0.5, 0.6) is 0 Å². The maximum Gasteiger partial charge on any atom is 0.164 e. The Bertz CT molecular complexity index is 1320. The largest absolute Gasteiger partial charge is 0.304 e. The highest BCUT2D eigenvalue weighted by Gasteiger charge is 2.35. The van der Waals surface area contributed by atoms with Gasteiger partial charge in [-0.25, -0.2) is 19.3 Å². The van der Waals surface area contributed by atoms with E-state index in [0.717, 1.165) is 40.4 Å². The lowest BCUT2D eigenvalue weighted by Crippen LogP contribution is -2.46. The summed E-state index contributed by atoms with van der Waals surface area (Å²) in [4.78, 5) is 20.7. The zero-order valence-electron chi connectivity index (χ0n) is 19.0. The van der Waals surface area contributed by atoms with Gasteiger partial charge in [-0.2, -0.15) is 0 Å². The summed E-state index contributed by atoms with van der Waals surface area (Å²) < 4.78 is 17.4. The van der Waals surface area contributed by atoms with Gasteiger partial charge in [-0.3, -0.25) is 4.98 Å². The number of imidazole rings is 1. The van der Waals surface area contributed by atoms with Crippen molar-refractivity contribution in [1.82, 2.24) is 29.4 Å². The van der Waals surface area contributed by atoms with Crippen molar-refractivity contribution in [2.75, 3.05) is 19.6 Å². The molecule has 1 unspecified atom stereocenters. The molecule has 6 heterocycles. The smallest absolute Gasteiger partial charge is 0.164 e. The number of aromatic nitrogens is 5. The first-order valence-corrected chi connectivity index (χ1v) is 11.7. The van der Waals surface area contributed by atoms with Gasteiger partial charge in [0.25, 0.3) is 0 Å². The molecular weight excluding hydrogens is 415 g/mol. The average molecular weight is 443 g/mol. The van der Waals surface area contributed by atoms with Crippen LogP contribution in [0.25, 0.3) is 22.6 Å². The molecular formula is C26H27FN6. The number of pyridine rings is 1. The lowest BCUT2D eigenvalue weighted by Gasteiger charge is -2.45. The van der Waals surface area contributed by atoms with Crippen LogP contribution in [0.15, 0.2) is 42.7 Å². The van der Waals surface area contributed by atoms with Gasteiger partial charge in [-0.05, 0) is 75.4 Å². The first-order chi connectivity index (χ1) is 16.1. The van der Waals surface area contributed by atoms with E-state index in [-0.39, 0.29) is 5.82 Å². The Labute approximate surface area is 192 Å². The summed E-state index contributed by atoms with van der Waals surface area (Å²) in [7, 11) is 0. The van der Waals surface area contributed by atoms with E-state index < -0.39 is 0 Å². The second-order valence-corrected chi connectivity index (χ2v) is 9.39. The standard InChI is InChI=1S/C26H27FN6/c1-16-24-26(30-17(2)29-16)33(25(31-24)20-4-3-9-28-13-20)14-21-6-5-19(12-23(21)27)22-15-32-10-7-18(22)8-11-32/h3-6,9,12-13,18,22H,7-8,10-11,14-15H2,1-2H3. The normalized spacial score (nSPS) is 22.2. The molecule has 0 saturated carbocycles. The molecule has 3 aliphatic heterocycles. The number of piperidine rings is 3.